The number of benzene rings is 8. The van der Waals surface area contributed by atoms with E-state index in [1.165, 1.54) is 23.0 Å². The molecular weight excluding hydrogens is 1940 g/mol. The van der Waals surface area contributed by atoms with Crippen molar-refractivity contribution in [1.82, 2.24) is 93.7 Å². The Morgan fingerprint density at radius 3 is 1.54 bits per heavy atom. The molecule has 1 aliphatic carbocycles. The summed E-state index contributed by atoms with van der Waals surface area (Å²) in [5.41, 5.74) is 14.8. The molecule has 0 spiro atoms. The quantitative estimate of drug-likeness (QED) is 0.0519. The fourth-order valence-electron chi connectivity index (χ4n) is 19.5. The normalized spacial score (nSPS) is 13.3. The molecule has 2 aliphatic rings. The molecule has 0 bridgehead atoms. The maximum Gasteiger partial charge on any atom is 0.272 e. The molecule has 34 heteroatoms. The van der Waals surface area contributed by atoms with Crippen molar-refractivity contribution in [3.63, 3.8) is 0 Å². The third-order valence-electron chi connectivity index (χ3n) is 26.7. The molecule has 1 saturated carbocycles. The van der Waals surface area contributed by atoms with E-state index in [1.54, 1.807) is 168 Å². The van der Waals surface area contributed by atoms with Gasteiger partial charge in [-0.25, -0.2) is 36.8 Å². The highest BCUT2D eigenvalue weighted by Crippen LogP contribution is 2.39. The fourth-order valence-corrected chi connectivity index (χ4v) is 20.5. The number of nitrogens with zero attached hydrogens (tertiary/aromatic N) is 16. The Labute approximate surface area is 865 Å². The number of amides is 4. The monoisotopic (exact) mass is 2040 g/mol. The van der Waals surface area contributed by atoms with Crippen molar-refractivity contribution in [3.05, 3.63) is 429 Å². The molecule has 8 aromatic carbocycles. The molecular formula is C116H104ClFN20O11S. The number of para-hydroxylation sites is 2. The number of halogens is 2. The molecule has 22 rings (SSSR count). The first kappa shape index (κ1) is 101. The number of nitrogens with one attached hydrogen (secondary N) is 4. The fraction of sp³-hybridized carbons (Fsp3) is 0.198. The number of carbonyl (C=O) groups is 4. The summed E-state index contributed by atoms with van der Waals surface area (Å²) in [4.78, 5) is 142. The molecule has 20 aromatic rings. The van der Waals surface area contributed by atoms with Gasteiger partial charge in [0, 0.05) is 120 Å². The predicted molar refractivity (Wildman–Crippen MR) is 580 cm³/mol. The van der Waals surface area contributed by atoms with E-state index in [0.29, 0.717) is 147 Å². The van der Waals surface area contributed by atoms with Crippen molar-refractivity contribution in [2.24, 2.45) is 0 Å². The van der Waals surface area contributed by atoms with Crippen LogP contribution in [-0.4, -0.2) is 137 Å². The Hall–Kier alpha value is -17.6. The van der Waals surface area contributed by atoms with Gasteiger partial charge in [-0.1, -0.05) is 133 Å². The molecule has 4 amide bonds. The number of aryl methyl sites for hydroxylation is 6. The highest BCUT2D eigenvalue weighted by Gasteiger charge is 2.34. The van der Waals surface area contributed by atoms with Crippen molar-refractivity contribution in [3.8, 4) is 39.4 Å². The maximum atomic E-state index is 14.4. The summed E-state index contributed by atoms with van der Waals surface area (Å²) in [6.07, 6.45) is 16.4. The summed E-state index contributed by atoms with van der Waals surface area (Å²) < 4.78 is 53.2. The van der Waals surface area contributed by atoms with Gasteiger partial charge in [-0.3, -0.25) is 72.0 Å². The molecule has 754 valence electrons. The van der Waals surface area contributed by atoms with Gasteiger partial charge in [-0.2, -0.15) is 10.2 Å². The van der Waals surface area contributed by atoms with E-state index in [0.717, 1.165) is 86.9 Å². The Balaban J connectivity index is 0.000000126. The minimum atomic E-state index is -3.20. The van der Waals surface area contributed by atoms with E-state index >= 15 is 0 Å². The summed E-state index contributed by atoms with van der Waals surface area (Å²) in [5, 5.41) is 27.5. The lowest BCUT2D eigenvalue weighted by Crippen LogP contribution is -2.37. The Bertz CT molecular complexity index is 9140. The molecule has 13 heterocycles. The molecule has 31 nitrogen and oxygen atoms in total. The number of fused-ring (bicyclic) bond motifs is 7. The van der Waals surface area contributed by atoms with Crippen molar-refractivity contribution in [2.45, 2.75) is 118 Å². The number of ether oxygens (including phenoxy) is 1. The van der Waals surface area contributed by atoms with E-state index in [1.807, 2.05) is 204 Å². The summed E-state index contributed by atoms with van der Waals surface area (Å²) >= 11 is 6.35. The highest BCUT2D eigenvalue weighted by atomic mass is 35.5. The number of hydrogen-bond donors (Lipinski definition) is 4. The van der Waals surface area contributed by atoms with Crippen LogP contribution >= 0.6 is 11.6 Å². The van der Waals surface area contributed by atoms with Gasteiger partial charge in [0.1, 0.15) is 22.6 Å². The van der Waals surface area contributed by atoms with Crippen molar-refractivity contribution < 1.29 is 36.7 Å². The molecule has 0 radical (unpaired) electrons. The smallest absolute Gasteiger partial charge is 0.272 e. The topological polar surface area (TPSA) is 376 Å². The number of aromatic nitrogens is 15. The van der Waals surface area contributed by atoms with Gasteiger partial charge in [0.25, 0.3) is 45.9 Å². The second-order valence-electron chi connectivity index (χ2n) is 37.4. The molecule has 0 unspecified atom stereocenters. The average molecular weight is 2040 g/mol. The minimum absolute atomic E-state index is 0.0848. The van der Waals surface area contributed by atoms with Crippen LogP contribution in [0.5, 0.6) is 0 Å². The zero-order chi connectivity index (χ0) is 105. The Morgan fingerprint density at radius 1 is 0.440 bits per heavy atom. The van der Waals surface area contributed by atoms with Crippen LogP contribution in [-0.2, 0) is 20.3 Å². The molecule has 2 fully saturated rings. The number of hydrogen-bond acceptors (Lipinski definition) is 21. The summed E-state index contributed by atoms with van der Waals surface area (Å²) in [7, 11) is -3.20. The molecule has 4 atom stereocenters. The van der Waals surface area contributed by atoms with E-state index in [4.69, 9.17) is 16.3 Å². The lowest BCUT2D eigenvalue weighted by Gasteiger charge is -2.30. The van der Waals surface area contributed by atoms with Crippen molar-refractivity contribution in [1.29, 1.82) is 0 Å². The van der Waals surface area contributed by atoms with Crippen LogP contribution < -0.4 is 48.4 Å². The Kier molecular flexibility index (Phi) is 28.9. The lowest BCUT2D eigenvalue weighted by molar-refractivity contribution is 0.0925. The second-order valence-corrected chi connectivity index (χ2v) is 39.9. The van der Waals surface area contributed by atoms with E-state index in [9.17, 15) is 51.2 Å². The van der Waals surface area contributed by atoms with Gasteiger partial charge in [0.15, 0.2) is 21.1 Å². The summed E-state index contributed by atoms with van der Waals surface area (Å²) in [6.45, 7) is 21.0. The predicted octanol–water partition coefficient (Wildman–Crippen LogP) is 18.8. The number of morpholine rings is 1. The van der Waals surface area contributed by atoms with Crippen LogP contribution in [0.2, 0.25) is 5.02 Å². The Morgan fingerprint density at radius 2 is 0.940 bits per heavy atom. The van der Waals surface area contributed by atoms with Gasteiger partial charge < -0.3 is 35.5 Å². The zero-order valence-corrected chi connectivity index (χ0v) is 85.4. The van der Waals surface area contributed by atoms with E-state index in [-0.39, 0.29) is 57.4 Å². The zero-order valence-electron chi connectivity index (χ0n) is 83.9. The van der Waals surface area contributed by atoms with Crippen LogP contribution in [0, 0.1) is 47.4 Å². The first-order chi connectivity index (χ1) is 72.3. The third kappa shape index (κ3) is 20.9. The average Bonchev–Trinajstić information content (AvgIpc) is 1.18. The molecule has 150 heavy (non-hydrogen) atoms. The third-order valence-corrected chi connectivity index (χ3v) is 27.9. The number of pyridine rings is 7. The van der Waals surface area contributed by atoms with Crippen molar-refractivity contribution in [2.75, 3.05) is 37.5 Å². The van der Waals surface area contributed by atoms with Gasteiger partial charge in [-0.15, -0.1) is 0 Å². The van der Waals surface area contributed by atoms with E-state index < -0.39 is 45.7 Å². The van der Waals surface area contributed by atoms with Crippen LogP contribution in [0.4, 0.5) is 10.1 Å². The van der Waals surface area contributed by atoms with Crippen molar-refractivity contribution >= 4 is 116 Å². The first-order valence-electron chi connectivity index (χ1n) is 48.9. The number of anilines is 1. The van der Waals surface area contributed by atoms with Gasteiger partial charge in [0.05, 0.1) is 127 Å². The second kappa shape index (κ2) is 42.9. The van der Waals surface area contributed by atoms with Crippen LogP contribution in [0.1, 0.15) is 175 Å². The largest absolute Gasteiger partial charge is 0.378 e. The maximum absolute atomic E-state index is 14.4. The first-order valence-corrected chi connectivity index (χ1v) is 51.4. The van der Waals surface area contributed by atoms with Crippen LogP contribution in [0.25, 0.3) is 105 Å². The number of rotatable bonds is 21. The summed E-state index contributed by atoms with van der Waals surface area (Å²) in [5.74, 6) is -1.94. The highest BCUT2D eigenvalue weighted by molar-refractivity contribution is 7.89. The molecule has 12 aromatic heterocycles. The SMILES string of the molecule is Cc1cc(-c2cccc3cc([C@H](C)NC(=O)c4c(C)nn5cccnc45)n(-c4cccc(F)c4)c(=O)c23)ccn1.Cc1ncc(-c2cccc(CS(C)(=O)=O)c2)nc1C(=O)N[C@@H](C)c1cc2cccc(Cl)c2c(=O)n1C1CC1.Cc1ncc2cccnc2c1C(=O)N[C@@H](C)c1cc2cccc(N3CCOCC3)c2c(=O)n1-c1ccccc1.Cc1nn2cccnc2c1C(=O)N[C@@H](C)c1cc2cccc(C)c2c(=O)n1-c1ccccc1. The van der Waals surface area contributed by atoms with Gasteiger partial charge >= 0.3 is 0 Å². The number of sulfone groups is 1. The minimum Gasteiger partial charge on any atom is -0.378 e. The van der Waals surface area contributed by atoms with Crippen LogP contribution in [0.3, 0.4) is 0 Å². The molecule has 1 aliphatic heterocycles. The van der Waals surface area contributed by atoms with Crippen LogP contribution in [0.15, 0.2) is 311 Å². The summed E-state index contributed by atoms with van der Waals surface area (Å²) in [6, 6.07) is 71.4. The molecule has 4 N–H and O–H groups in total. The molecule has 1 saturated heterocycles. The number of carbonyl (C=O) groups excluding carboxylic acids is 4. The van der Waals surface area contributed by atoms with Gasteiger partial charge in [-0.05, 0) is 247 Å². The lowest BCUT2D eigenvalue weighted by atomic mass is 9.98. The van der Waals surface area contributed by atoms with Gasteiger partial charge in [0.2, 0.25) is 0 Å². The van der Waals surface area contributed by atoms with E-state index in [2.05, 4.69) is 71.3 Å². The standard InChI is InChI=1S/C31H25FN6O2.C31H29N5O3.C28H27ClN4O4S.C26H23N5O2/c1-18-15-21(11-13-33-18)25-10-4-7-22-16-26(38(31(40)28(22)25)24-9-5-8-23(32)17-24)19(2)35-30(39)27-20(3)36-37-14-6-12-34-29(27)37;1-20(34-30(37)27-21(2)33-19-23-9-7-13-32-29(23)27)26-18-22-8-6-12-25(35-14-16-39-17-15-35)28(22)31(38)36(26)24-10-4-3-5-11-24;1-16(24-13-20-8-5-9-22(29)25(20)28(35)33(24)21-10-11-21)31-27(34)26-17(2)30-14-23(32-26)19-7-4-6-18(12-19)15-38(3,36)37;1-16-9-7-10-19-15-21(31(26(33)22(16)19)20-11-5-4-6-12-20)17(2)28-25(32)23-18(3)29-30-14-8-13-27-24(23)30/h4-17,19H,1-3H3,(H,35,39);3-13,18-20H,14-17H2,1-2H3,(H,34,37);4-9,12-14,16,21H,10-11,15H2,1-3H3,(H,31,34);4-15,17H,1-3H3,(H,28,32)/t19-;20-;16-;17-/m0000/s1.